The third kappa shape index (κ3) is 4.50. The van der Waals surface area contributed by atoms with Gasteiger partial charge in [-0.2, -0.15) is 0 Å². The van der Waals surface area contributed by atoms with Crippen molar-refractivity contribution >= 4 is 27.6 Å². The van der Waals surface area contributed by atoms with Crippen LogP contribution in [0.3, 0.4) is 0 Å². The van der Waals surface area contributed by atoms with E-state index in [2.05, 4.69) is 26.6 Å². The quantitative estimate of drug-likeness (QED) is 0.776. The molecule has 0 fully saturated rings. The summed E-state index contributed by atoms with van der Waals surface area (Å²) in [6.45, 7) is 2.04. The summed E-state index contributed by atoms with van der Waals surface area (Å²) < 4.78 is 1.75. The minimum absolute atomic E-state index is 0.171. The first-order chi connectivity index (χ1) is 8.40. The Morgan fingerprint density at radius 3 is 2.83 bits per heavy atom. The van der Waals surface area contributed by atoms with E-state index in [4.69, 9.17) is 5.11 Å². The van der Waals surface area contributed by atoms with Crippen molar-refractivity contribution in [3.05, 3.63) is 27.1 Å². The predicted octanol–water partition coefficient (Wildman–Crippen LogP) is 1.04. The summed E-state index contributed by atoms with van der Waals surface area (Å²) in [6.07, 6.45) is 1.57. The van der Waals surface area contributed by atoms with Gasteiger partial charge in [0.05, 0.1) is 16.3 Å². The largest absolute Gasteiger partial charge is 0.393 e. The first-order valence-electron chi connectivity index (χ1n) is 5.49. The number of aliphatic hydroxyl groups is 1. The van der Waals surface area contributed by atoms with Gasteiger partial charge in [-0.3, -0.25) is 4.79 Å². The molecule has 0 aromatic carbocycles. The lowest BCUT2D eigenvalue weighted by Crippen LogP contribution is -2.31. The summed E-state index contributed by atoms with van der Waals surface area (Å²) in [4.78, 5) is 22.9. The summed E-state index contributed by atoms with van der Waals surface area (Å²) in [7, 11) is 1.60. The van der Waals surface area contributed by atoms with Gasteiger partial charge in [0.25, 0.3) is 5.56 Å². The zero-order valence-corrected chi connectivity index (χ0v) is 11.8. The second kappa shape index (κ2) is 6.55. The van der Waals surface area contributed by atoms with Crippen LogP contribution >= 0.6 is 15.9 Å². The number of pyridine rings is 1. The van der Waals surface area contributed by atoms with Crippen LogP contribution in [0.15, 0.2) is 21.5 Å². The molecule has 0 radical (unpaired) electrons. The Hall–Kier alpha value is -1.34. The standard InChI is InChI=1S/C11H16BrN3O3/c1-7(16)3-4-13-11(18)14-8-5-9(12)10(17)15(2)6-8/h5-7,16H,3-4H2,1-2H3,(H2,13,14,18). The van der Waals surface area contributed by atoms with Crippen molar-refractivity contribution in [3.8, 4) is 0 Å². The second-order valence-electron chi connectivity index (χ2n) is 4.01. The minimum Gasteiger partial charge on any atom is -0.393 e. The molecule has 100 valence electrons. The Labute approximate surface area is 113 Å². The maximum absolute atomic E-state index is 11.5. The fraction of sp³-hybridized carbons (Fsp3) is 0.455. The van der Waals surface area contributed by atoms with Crippen LogP contribution in [-0.4, -0.2) is 28.4 Å². The molecule has 7 heteroatoms. The van der Waals surface area contributed by atoms with Crippen molar-refractivity contribution < 1.29 is 9.90 Å². The molecule has 0 saturated carbocycles. The van der Waals surface area contributed by atoms with Gasteiger partial charge in [-0.05, 0) is 35.3 Å². The van der Waals surface area contributed by atoms with Gasteiger partial charge in [-0.25, -0.2) is 4.79 Å². The van der Waals surface area contributed by atoms with Crippen molar-refractivity contribution in [2.75, 3.05) is 11.9 Å². The van der Waals surface area contributed by atoms with E-state index in [1.165, 1.54) is 16.8 Å². The van der Waals surface area contributed by atoms with Gasteiger partial charge in [-0.15, -0.1) is 0 Å². The molecule has 0 aliphatic rings. The Bertz CT molecular complexity index is 459. The fourth-order valence-electron chi connectivity index (χ4n) is 1.31. The fourth-order valence-corrected chi connectivity index (χ4v) is 1.84. The van der Waals surface area contributed by atoms with Crippen molar-refractivity contribution in [2.24, 2.45) is 7.05 Å². The van der Waals surface area contributed by atoms with Crippen LogP contribution < -0.4 is 16.2 Å². The molecule has 1 aromatic rings. The van der Waals surface area contributed by atoms with Gasteiger partial charge in [0.2, 0.25) is 0 Å². The molecule has 1 atom stereocenters. The number of amides is 2. The van der Waals surface area contributed by atoms with Crippen LogP contribution in [0.1, 0.15) is 13.3 Å². The molecule has 0 saturated heterocycles. The smallest absolute Gasteiger partial charge is 0.319 e. The third-order valence-corrected chi connectivity index (χ3v) is 2.81. The van der Waals surface area contributed by atoms with E-state index in [1.807, 2.05) is 0 Å². The zero-order chi connectivity index (χ0) is 13.7. The lowest BCUT2D eigenvalue weighted by molar-refractivity contribution is 0.184. The molecule has 2 amide bonds. The van der Waals surface area contributed by atoms with E-state index in [0.717, 1.165) is 0 Å². The number of nitrogens with zero attached hydrogens (tertiary/aromatic N) is 1. The second-order valence-corrected chi connectivity index (χ2v) is 4.87. The summed E-state index contributed by atoms with van der Waals surface area (Å²) in [5, 5.41) is 14.2. The summed E-state index contributed by atoms with van der Waals surface area (Å²) in [5.74, 6) is 0. The average Bonchev–Trinajstić information content (AvgIpc) is 2.25. The maximum atomic E-state index is 11.5. The summed E-state index contributed by atoms with van der Waals surface area (Å²) in [6, 6.07) is 1.16. The van der Waals surface area contributed by atoms with Crippen LogP contribution in [0.4, 0.5) is 10.5 Å². The topological polar surface area (TPSA) is 83.4 Å². The highest BCUT2D eigenvalue weighted by atomic mass is 79.9. The Morgan fingerprint density at radius 1 is 1.61 bits per heavy atom. The van der Waals surface area contributed by atoms with Crippen molar-refractivity contribution in [1.82, 2.24) is 9.88 Å². The number of urea groups is 1. The van der Waals surface area contributed by atoms with Gasteiger partial charge < -0.3 is 20.3 Å². The number of nitrogens with one attached hydrogen (secondary N) is 2. The SMILES string of the molecule is CC(O)CCNC(=O)Nc1cc(Br)c(=O)n(C)c1. The molecule has 1 unspecified atom stereocenters. The van der Waals surface area contributed by atoms with Gasteiger partial charge in [0, 0.05) is 19.8 Å². The molecular formula is C11H16BrN3O3. The monoisotopic (exact) mass is 317 g/mol. The number of halogens is 1. The van der Waals surface area contributed by atoms with Gasteiger partial charge in [0.15, 0.2) is 0 Å². The van der Waals surface area contributed by atoms with Crippen LogP contribution in [0.25, 0.3) is 0 Å². The Balaban J connectivity index is 2.57. The maximum Gasteiger partial charge on any atom is 0.319 e. The van der Waals surface area contributed by atoms with Gasteiger partial charge >= 0.3 is 6.03 Å². The number of anilines is 1. The summed E-state index contributed by atoms with van der Waals surface area (Å²) >= 11 is 3.12. The van der Waals surface area contributed by atoms with Crippen LogP contribution in [0.2, 0.25) is 0 Å². The molecule has 6 nitrogen and oxygen atoms in total. The van der Waals surface area contributed by atoms with Gasteiger partial charge in [-0.1, -0.05) is 0 Å². The Morgan fingerprint density at radius 2 is 2.28 bits per heavy atom. The van der Waals surface area contributed by atoms with Crippen molar-refractivity contribution in [3.63, 3.8) is 0 Å². The molecule has 0 bridgehead atoms. The first-order valence-corrected chi connectivity index (χ1v) is 6.28. The number of rotatable bonds is 4. The molecule has 18 heavy (non-hydrogen) atoms. The number of carbonyl (C=O) groups is 1. The number of aromatic nitrogens is 1. The number of carbonyl (C=O) groups excluding carboxylic acids is 1. The average molecular weight is 318 g/mol. The molecular weight excluding hydrogens is 302 g/mol. The van der Waals surface area contributed by atoms with E-state index in [1.54, 1.807) is 14.0 Å². The lowest BCUT2D eigenvalue weighted by atomic mass is 10.3. The highest BCUT2D eigenvalue weighted by Crippen LogP contribution is 2.10. The van der Waals surface area contributed by atoms with E-state index >= 15 is 0 Å². The molecule has 0 aliphatic carbocycles. The van der Waals surface area contributed by atoms with Crippen LogP contribution in [-0.2, 0) is 7.05 Å². The van der Waals surface area contributed by atoms with Gasteiger partial charge in [0.1, 0.15) is 0 Å². The molecule has 1 heterocycles. The van der Waals surface area contributed by atoms with E-state index in [9.17, 15) is 9.59 Å². The normalized spacial score (nSPS) is 12.0. The molecule has 1 rings (SSSR count). The number of aryl methyl sites for hydroxylation is 1. The third-order valence-electron chi connectivity index (χ3n) is 2.25. The summed E-state index contributed by atoms with van der Waals surface area (Å²) in [5.41, 5.74) is 0.341. The predicted molar refractivity (Wildman–Crippen MR) is 72.7 cm³/mol. The molecule has 1 aromatic heterocycles. The molecule has 3 N–H and O–H groups in total. The molecule has 0 spiro atoms. The van der Waals surface area contributed by atoms with Crippen molar-refractivity contribution in [1.29, 1.82) is 0 Å². The van der Waals surface area contributed by atoms with Crippen molar-refractivity contribution in [2.45, 2.75) is 19.4 Å². The van der Waals surface area contributed by atoms with E-state index in [0.29, 0.717) is 23.1 Å². The first kappa shape index (κ1) is 14.7. The number of aliphatic hydroxyl groups excluding tert-OH is 1. The minimum atomic E-state index is -0.447. The Kier molecular flexibility index (Phi) is 5.36. The molecule has 0 aliphatic heterocycles. The van der Waals surface area contributed by atoms with Crippen LogP contribution in [0, 0.1) is 0 Å². The van der Waals surface area contributed by atoms with E-state index < -0.39 is 6.10 Å². The number of hydrogen-bond acceptors (Lipinski definition) is 3. The number of hydrogen-bond donors (Lipinski definition) is 3. The highest BCUT2D eigenvalue weighted by Gasteiger charge is 2.05. The van der Waals surface area contributed by atoms with E-state index in [-0.39, 0.29) is 11.6 Å². The lowest BCUT2D eigenvalue weighted by Gasteiger charge is -2.09. The highest BCUT2D eigenvalue weighted by molar-refractivity contribution is 9.10. The zero-order valence-electron chi connectivity index (χ0n) is 10.2. The van der Waals surface area contributed by atoms with Crippen LogP contribution in [0.5, 0.6) is 0 Å².